The van der Waals surface area contributed by atoms with Crippen LogP contribution in [0.15, 0.2) is 30.3 Å². The minimum absolute atomic E-state index is 0.0342. The second-order valence-electron chi connectivity index (χ2n) is 6.77. The van der Waals surface area contributed by atoms with E-state index in [1.165, 1.54) is 5.56 Å². The SMILES string of the molecule is CCOC(=O)[C@]12CCC[C@H](CN([C@H](C)c3ccccc3)C1)C2=O. The van der Waals surface area contributed by atoms with Gasteiger partial charge in [-0.05, 0) is 32.3 Å². The molecule has 2 bridgehead atoms. The lowest BCUT2D eigenvalue weighted by atomic mass is 9.65. The number of esters is 1. The van der Waals surface area contributed by atoms with E-state index in [1.807, 2.05) is 18.2 Å². The van der Waals surface area contributed by atoms with Crippen LogP contribution in [0.3, 0.4) is 0 Å². The summed E-state index contributed by atoms with van der Waals surface area (Å²) in [6, 6.07) is 10.5. The number of piperidine rings is 1. The maximum atomic E-state index is 12.8. The molecule has 4 heteroatoms. The van der Waals surface area contributed by atoms with Gasteiger partial charge in [0.1, 0.15) is 5.41 Å². The highest BCUT2D eigenvalue weighted by Gasteiger charge is 2.56. The standard InChI is InChI=1S/C19H25NO3/c1-3-23-18(22)19-11-7-10-16(17(19)21)12-20(13-19)14(2)15-8-5-4-6-9-15/h4-6,8-9,14,16H,3,7,10-13H2,1-2H3/t14-,16-,19-/m1/s1. The molecule has 1 saturated carbocycles. The van der Waals surface area contributed by atoms with Gasteiger partial charge in [-0.15, -0.1) is 0 Å². The van der Waals surface area contributed by atoms with Gasteiger partial charge < -0.3 is 4.74 Å². The van der Waals surface area contributed by atoms with Gasteiger partial charge in [0.05, 0.1) is 6.61 Å². The molecule has 23 heavy (non-hydrogen) atoms. The number of nitrogens with zero attached hydrogens (tertiary/aromatic N) is 1. The van der Waals surface area contributed by atoms with E-state index < -0.39 is 5.41 Å². The zero-order chi connectivity index (χ0) is 16.4. The Bertz CT molecular complexity index is 586. The van der Waals surface area contributed by atoms with Crippen molar-refractivity contribution in [1.82, 2.24) is 4.90 Å². The minimum Gasteiger partial charge on any atom is -0.465 e. The molecule has 3 atom stereocenters. The van der Waals surface area contributed by atoms with Crippen molar-refractivity contribution < 1.29 is 14.3 Å². The Morgan fingerprint density at radius 1 is 1.39 bits per heavy atom. The van der Waals surface area contributed by atoms with Crippen molar-refractivity contribution in [2.75, 3.05) is 19.7 Å². The summed E-state index contributed by atoms with van der Waals surface area (Å²) in [4.78, 5) is 27.7. The van der Waals surface area contributed by atoms with Gasteiger partial charge in [-0.3, -0.25) is 14.5 Å². The number of Topliss-reactive ketones (excluding diaryl/α,β-unsaturated/α-hetero) is 1. The molecule has 3 rings (SSSR count). The van der Waals surface area contributed by atoms with E-state index in [1.54, 1.807) is 6.92 Å². The summed E-state index contributed by atoms with van der Waals surface area (Å²) in [6.07, 6.45) is 2.44. The Hall–Kier alpha value is -1.68. The van der Waals surface area contributed by atoms with Crippen LogP contribution < -0.4 is 0 Å². The van der Waals surface area contributed by atoms with Crippen molar-refractivity contribution in [3.8, 4) is 0 Å². The van der Waals surface area contributed by atoms with Crippen LogP contribution in [0.25, 0.3) is 0 Å². The second-order valence-corrected chi connectivity index (χ2v) is 6.77. The van der Waals surface area contributed by atoms with Gasteiger partial charge in [0.25, 0.3) is 0 Å². The number of ketones is 1. The molecule has 2 aliphatic rings. The number of likely N-dealkylation sites (tertiary alicyclic amines) is 1. The number of hydrogen-bond donors (Lipinski definition) is 0. The van der Waals surface area contributed by atoms with Gasteiger partial charge >= 0.3 is 5.97 Å². The van der Waals surface area contributed by atoms with Crippen LogP contribution in [0, 0.1) is 11.3 Å². The highest BCUT2D eigenvalue weighted by atomic mass is 16.5. The molecule has 0 aromatic heterocycles. The summed E-state index contributed by atoms with van der Waals surface area (Å²) >= 11 is 0. The molecule has 0 amide bonds. The summed E-state index contributed by atoms with van der Waals surface area (Å²) in [5.41, 5.74) is 0.277. The molecule has 0 spiro atoms. The van der Waals surface area contributed by atoms with Crippen LogP contribution in [-0.2, 0) is 14.3 Å². The van der Waals surface area contributed by atoms with Crippen LogP contribution in [0.4, 0.5) is 0 Å². The van der Waals surface area contributed by atoms with Gasteiger partial charge in [-0.2, -0.15) is 0 Å². The second kappa shape index (κ2) is 6.44. The molecule has 1 heterocycles. The molecule has 2 fully saturated rings. The summed E-state index contributed by atoms with van der Waals surface area (Å²) in [6.45, 7) is 5.51. The molecular formula is C19H25NO3. The third kappa shape index (κ3) is 2.80. The van der Waals surface area contributed by atoms with Crippen LogP contribution >= 0.6 is 0 Å². The number of carbonyl (C=O) groups excluding carboxylic acids is 2. The van der Waals surface area contributed by atoms with E-state index in [0.29, 0.717) is 19.6 Å². The maximum absolute atomic E-state index is 12.8. The largest absolute Gasteiger partial charge is 0.465 e. The molecule has 1 aromatic rings. The summed E-state index contributed by atoms with van der Waals surface area (Å²) in [7, 11) is 0. The minimum atomic E-state index is -0.944. The van der Waals surface area contributed by atoms with Crippen molar-refractivity contribution in [2.24, 2.45) is 11.3 Å². The third-order valence-electron chi connectivity index (χ3n) is 5.42. The predicted octanol–water partition coefficient (Wildman–Crippen LogP) is 2.98. The maximum Gasteiger partial charge on any atom is 0.320 e. The van der Waals surface area contributed by atoms with Crippen LogP contribution in [0.1, 0.15) is 44.7 Å². The number of rotatable bonds is 4. The van der Waals surface area contributed by atoms with Crippen LogP contribution in [-0.4, -0.2) is 36.3 Å². The third-order valence-corrected chi connectivity index (χ3v) is 5.42. The summed E-state index contributed by atoms with van der Waals surface area (Å²) in [5.74, 6) is -0.244. The number of carbonyl (C=O) groups is 2. The first kappa shape index (κ1) is 16.2. The topological polar surface area (TPSA) is 46.6 Å². The Labute approximate surface area is 137 Å². The molecule has 0 N–H and O–H groups in total. The molecule has 0 radical (unpaired) electrons. The van der Waals surface area contributed by atoms with Crippen molar-refractivity contribution in [2.45, 2.75) is 39.2 Å². The van der Waals surface area contributed by atoms with E-state index in [0.717, 1.165) is 19.4 Å². The number of fused-ring (bicyclic) bond motifs is 2. The highest BCUT2D eigenvalue weighted by Crippen LogP contribution is 2.44. The quantitative estimate of drug-likeness (QED) is 0.633. The Morgan fingerprint density at radius 3 is 2.83 bits per heavy atom. The number of benzene rings is 1. The van der Waals surface area contributed by atoms with E-state index in [9.17, 15) is 9.59 Å². The van der Waals surface area contributed by atoms with Crippen molar-refractivity contribution in [3.63, 3.8) is 0 Å². The van der Waals surface area contributed by atoms with Gasteiger partial charge in [-0.1, -0.05) is 36.8 Å². The predicted molar refractivity (Wildman–Crippen MR) is 87.8 cm³/mol. The zero-order valence-electron chi connectivity index (χ0n) is 14.0. The van der Waals surface area contributed by atoms with Crippen LogP contribution in [0.5, 0.6) is 0 Å². The Morgan fingerprint density at radius 2 is 2.13 bits per heavy atom. The first-order valence-electron chi connectivity index (χ1n) is 8.59. The summed E-state index contributed by atoms with van der Waals surface area (Å²) in [5, 5.41) is 0. The van der Waals surface area contributed by atoms with Gasteiger partial charge in [0, 0.05) is 25.0 Å². The smallest absolute Gasteiger partial charge is 0.320 e. The van der Waals surface area contributed by atoms with Gasteiger partial charge in [-0.25, -0.2) is 0 Å². The normalized spacial score (nSPS) is 29.1. The highest BCUT2D eigenvalue weighted by molar-refractivity contribution is 6.06. The molecule has 0 unspecified atom stereocenters. The fourth-order valence-corrected chi connectivity index (χ4v) is 4.09. The molecular weight excluding hydrogens is 290 g/mol. The van der Waals surface area contributed by atoms with Crippen molar-refractivity contribution in [1.29, 1.82) is 0 Å². The number of ether oxygens (including phenoxy) is 1. The Kier molecular flexibility index (Phi) is 4.53. The fraction of sp³-hybridized carbons (Fsp3) is 0.579. The van der Waals surface area contributed by atoms with E-state index >= 15 is 0 Å². The van der Waals surface area contributed by atoms with Crippen molar-refractivity contribution >= 4 is 11.8 Å². The number of hydrogen-bond acceptors (Lipinski definition) is 4. The van der Waals surface area contributed by atoms with Gasteiger partial charge in [0.15, 0.2) is 5.78 Å². The zero-order valence-corrected chi connectivity index (χ0v) is 14.0. The lowest BCUT2D eigenvalue weighted by Gasteiger charge is -2.48. The lowest BCUT2D eigenvalue weighted by molar-refractivity contribution is -0.171. The first-order valence-corrected chi connectivity index (χ1v) is 8.59. The van der Waals surface area contributed by atoms with Crippen LogP contribution in [0.2, 0.25) is 0 Å². The van der Waals surface area contributed by atoms with E-state index in [4.69, 9.17) is 4.74 Å². The average molecular weight is 315 g/mol. The average Bonchev–Trinajstić information content (AvgIpc) is 2.55. The molecule has 124 valence electrons. The molecule has 1 saturated heterocycles. The monoisotopic (exact) mass is 315 g/mol. The van der Waals surface area contributed by atoms with E-state index in [-0.39, 0.29) is 23.7 Å². The molecule has 1 aromatic carbocycles. The molecule has 4 nitrogen and oxygen atoms in total. The van der Waals surface area contributed by atoms with Gasteiger partial charge in [0.2, 0.25) is 0 Å². The Balaban J connectivity index is 1.88. The molecule has 1 aliphatic carbocycles. The summed E-state index contributed by atoms with van der Waals surface area (Å²) < 4.78 is 5.28. The van der Waals surface area contributed by atoms with E-state index in [2.05, 4.69) is 24.0 Å². The lowest BCUT2D eigenvalue weighted by Crippen LogP contribution is -2.60. The molecule has 1 aliphatic heterocycles. The van der Waals surface area contributed by atoms with Crippen molar-refractivity contribution in [3.05, 3.63) is 35.9 Å². The fourth-order valence-electron chi connectivity index (χ4n) is 4.09. The first-order chi connectivity index (χ1) is 11.1.